The van der Waals surface area contributed by atoms with Crippen molar-refractivity contribution in [2.75, 3.05) is 27.8 Å². The molecular weight excluding hydrogens is 390 g/mol. The zero-order chi connectivity index (χ0) is 22.0. The van der Waals surface area contributed by atoms with Gasteiger partial charge in [-0.1, -0.05) is 26.8 Å². The summed E-state index contributed by atoms with van der Waals surface area (Å²) in [7, 11) is 5.81. The third-order valence-electron chi connectivity index (χ3n) is 9.89. The van der Waals surface area contributed by atoms with Gasteiger partial charge in [-0.15, -0.1) is 0 Å². The van der Waals surface area contributed by atoms with Crippen molar-refractivity contribution in [1.29, 1.82) is 0 Å². The molecule has 4 bridgehead atoms. The van der Waals surface area contributed by atoms with Crippen LogP contribution in [0.25, 0.3) is 0 Å². The number of Topliss-reactive ketones (excluding diaryl/α,β-unsaturated/α-hetero) is 1. The summed E-state index contributed by atoms with van der Waals surface area (Å²) in [5.74, 6) is 1.92. The van der Waals surface area contributed by atoms with Gasteiger partial charge in [0, 0.05) is 35.0 Å². The Kier molecular flexibility index (Phi) is 3.78. The van der Waals surface area contributed by atoms with Crippen LogP contribution in [0.2, 0.25) is 0 Å². The molecule has 1 saturated heterocycles. The highest BCUT2D eigenvalue weighted by Crippen LogP contribution is 2.76. The molecule has 7 rings (SSSR count). The lowest BCUT2D eigenvalue weighted by atomic mass is 9.34. The molecule has 0 N–H and O–H groups in total. The van der Waals surface area contributed by atoms with Crippen LogP contribution >= 0.6 is 0 Å². The van der Waals surface area contributed by atoms with E-state index >= 15 is 0 Å². The minimum atomic E-state index is -0.578. The van der Waals surface area contributed by atoms with E-state index in [-0.39, 0.29) is 22.9 Å². The summed E-state index contributed by atoms with van der Waals surface area (Å²) >= 11 is 0. The first-order valence-electron chi connectivity index (χ1n) is 11.8. The molecular formula is C26H35NO4. The summed E-state index contributed by atoms with van der Waals surface area (Å²) in [5, 5.41) is 0. The third-order valence-corrected chi connectivity index (χ3v) is 9.89. The lowest BCUT2D eigenvalue weighted by molar-refractivity contribution is -0.271. The van der Waals surface area contributed by atoms with Crippen LogP contribution in [0.15, 0.2) is 12.1 Å². The Balaban J connectivity index is 1.65. The molecule has 0 amide bonds. The number of likely N-dealkylation sites (N-methyl/N-ethyl adjacent to an activating group) is 1. The number of rotatable bonds is 3. The molecule has 0 unspecified atom stereocenters. The highest BCUT2D eigenvalue weighted by atomic mass is 16.6. The smallest absolute Gasteiger partial charge is 0.165 e. The molecule has 168 valence electrons. The first kappa shape index (κ1) is 20.0. The number of hydrogen-bond acceptors (Lipinski definition) is 5. The summed E-state index contributed by atoms with van der Waals surface area (Å²) in [6.07, 6.45) is 4.83. The van der Waals surface area contributed by atoms with Crippen molar-refractivity contribution in [1.82, 2.24) is 4.90 Å². The fourth-order valence-electron chi connectivity index (χ4n) is 8.65. The number of nitrogens with zero attached hydrogens (tertiary/aromatic N) is 1. The molecule has 1 aromatic rings. The van der Waals surface area contributed by atoms with Crippen LogP contribution in [0.1, 0.15) is 57.6 Å². The topological polar surface area (TPSA) is 48.0 Å². The van der Waals surface area contributed by atoms with E-state index in [1.165, 1.54) is 11.1 Å². The van der Waals surface area contributed by atoms with Crippen LogP contribution in [-0.4, -0.2) is 56.2 Å². The SMILES string of the molecule is COc1ccc2c3c1O[C@H]1[C@@]4(OC)CC[C@@]5(C[C@@H]4C(=O)C(C)(C)C)[C@@H](C2)N(C)CC[C@]315. The van der Waals surface area contributed by atoms with E-state index in [4.69, 9.17) is 14.2 Å². The largest absolute Gasteiger partial charge is 0.493 e. The van der Waals surface area contributed by atoms with Crippen molar-refractivity contribution in [3.8, 4) is 11.5 Å². The van der Waals surface area contributed by atoms with E-state index in [9.17, 15) is 4.79 Å². The third kappa shape index (κ3) is 2.01. The minimum absolute atomic E-state index is 0.0428. The average Bonchev–Trinajstić information content (AvgIpc) is 3.11. The standard InChI is InChI=1S/C26H35NO4/c1-23(2,3)21(28)16-14-24-9-10-26(16,30-6)22-25(24)11-12-27(4)18(24)13-15-7-8-17(29-5)20(31-22)19(15)25/h7-8,16,18,22H,9-14H2,1-6H3/t16-,18-,22-,24-,25+,26-/m1/s1. The predicted molar refractivity (Wildman–Crippen MR) is 118 cm³/mol. The lowest BCUT2D eigenvalue weighted by Crippen LogP contribution is -2.81. The van der Waals surface area contributed by atoms with Gasteiger partial charge in [0.15, 0.2) is 11.5 Å². The van der Waals surface area contributed by atoms with Gasteiger partial charge in [-0.2, -0.15) is 0 Å². The Morgan fingerprint density at radius 3 is 2.65 bits per heavy atom. The second-order valence-electron chi connectivity index (χ2n) is 11.7. The number of ketones is 1. The van der Waals surface area contributed by atoms with Gasteiger partial charge in [0.25, 0.3) is 0 Å². The molecule has 4 aliphatic carbocycles. The van der Waals surface area contributed by atoms with Gasteiger partial charge < -0.3 is 19.1 Å². The molecule has 5 nitrogen and oxygen atoms in total. The Morgan fingerprint density at radius 2 is 1.97 bits per heavy atom. The van der Waals surface area contributed by atoms with Crippen LogP contribution in [0.3, 0.4) is 0 Å². The highest BCUT2D eigenvalue weighted by Gasteiger charge is 2.81. The molecule has 0 aromatic heterocycles. The second-order valence-corrected chi connectivity index (χ2v) is 11.7. The molecule has 2 spiro atoms. The number of carbonyl (C=O) groups excluding carboxylic acids is 1. The molecule has 1 aromatic carbocycles. The van der Waals surface area contributed by atoms with E-state index in [2.05, 4.69) is 24.1 Å². The molecule has 31 heavy (non-hydrogen) atoms. The molecule has 4 fully saturated rings. The number of likely N-dealkylation sites (tertiary alicyclic amines) is 1. The fraction of sp³-hybridized carbons (Fsp3) is 0.731. The van der Waals surface area contributed by atoms with Gasteiger partial charge in [-0.05, 0) is 57.3 Å². The maximum atomic E-state index is 13.9. The average molecular weight is 426 g/mol. The van der Waals surface area contributed by atoms with Gasteiger partial charge in [-0.3, -0.25) is 4.79 Å². The summed E-state index contributed by atoms with van der Waals surface area (Å²) in [6, 6.07) is 4.75. The van der Waals surface area contributed by atoms with E-state index in [1.54, 1.807) is 14.2 Å². The van der Waals surface area contributed by atoms with E-state index < -0.39 is 11.0 Å². The van der Waals surface area contributed by atoms with Crippen LogP contribution in [-0.2, 0) is 21.4 Å². The van der Waals surface area contributed by atoms with Crippen LogP contribution < -0.4 is 9.47 Å². The van der Waals surface area contributed by atoms with Crippen molar-refractivity contribution in [2.24, 2.45) is 16.7 Å². The van der Waals surface area contributed by atoms with E-state index in [0.29, 0.717) is 11.8 Å². The van der Waals surface area contributed by atoms with Crippen molar-refractivity contribution in [2.45, 2.75) is 76.0 Å². The van der Waals surface area contributed by atoms with Crippen molar-refractivity contribution >= 4 is 5.78 Å². The number of ether oxygens (including phenoxy) is 3. The van der Waals surface area contributed by atoms with Gasteiger partial charge in [0.2, 0.25) is 0 Å². The maximum Gasteiger partial charge on any atom is 0.165 e. The van der Waals surface area contributed by atoms with Crippen molar-refractivity contribution in [3.63, 3.8) is 0 Å². The zero-order valence-electron chi connectivity index (χ0n) is 19.7. The molecule has 6 atom stereocenters. The second kappa shape index (κ2) is 5.85. The van der Waals surface area contributed by atoms with Crippen LogP contribution in [0.4, 0.5) is 0 Å². The van der Waals surface area contributed by atoms with E-state index in [1.807, 2.05) is 20.8 Å². The quantitative estimate of drug-likeness (QED) is 0.738. The first-order valence-corrected chi connectivity index (χ1v) is 11.8. The molecule has 0 radical (unpaired) electrons. The number of benzene rings is 1. The fourth-order valence-corrected chi connectivity index (χ4v) is 8.65. The number of fused-ring (bicyclic) bond motifs is 2. The van der Waals surface area contributed by atoms with Crippen LogP contribution in [0, 0.1) is 16.7 Å². The van der Waals surface area contributed by atoms with Gasteiger partial charge >= 0.3 is 0 Å². The van der Waals surface area contributed by atoms with Gasteiger partial charge in [-0.25, -0.2) is 0 Å². The molecule has 3 saturated carbocycles. The summed E-state index contributed by atoms with van der Waals surface area (Å²) in [4.78, 5) is 16.4. The van der Waals surface area contributed by atoms with Gasteiger partial charge in [0.1, 0.15) is 17.5 Å². The number of piperidine rings is 1. The zero-order valence-corrected chi connectivity index (χ0v) is 19.7. The molecule has 6 aliphatic rings. The minimum Gasteiger partial charge on any atom is -0.493 e. The van der Waals surface area contributed by atoms with Crippen LogP contribution in [0.5, 0.6) is 11.5 Å². The van der Waals surface area contributed by atoms with E-state index in [0.717, 1.165) is 50.1 Å². The monoisotopic (exact) mass is 425 g/mol. The summed E-state index contributed by atoms with van der Waals surface area (Å²) < 4.78 is 19.1. The lowest BCUT2D eigenvalue weighted by Gasteiger charge is -2.73. The molecule has 5 heteroatoms. The number of hydrogen-bond donors (Lipinski definition) is 0. The molecule has 2 aliphatic heterocycles. The Hall–Kier alpha value is -1.59. The predicted octanol–water partition coefficient (Wildman–Crippen LogP) is 3.75. The van der Waals surface area contributed by atoms with Crippen molar-refractivity contribution < 1.29 is 19.0 Å². The summed E-state index contributed by atoms with van der Waals surface area (Å²) in [5.41, 5.74) is 1.75. The molecule has 2 heterocycles. The Bertz CT molecular complexity index is 982. The number of carbonyl (C=O) groups is 1. The Morgan fingerprint density at radius 1 is 1.19 bits per heavy atom. The number of methoxy groups -OCH3 is 2. The summed E-state index contributed by atoms with van der Waals surface area (Å²) in [6.45, 7) is 7.20. The van der Waals surface area contributed by atoms with Gasteiger partial charge in [0.05, 0.1) is 13.0 Å². The Labute approximate surface area is 185 Å². The normalized spacial score (nSPS) is 42.2. The highest BCUT2D eigenvalue weighted by molar-refractivity contribution is 5.88. The first-order chi connectivity index (χ1) is 14.7. The maximum absolute atomic E-state index is 13.9. The van der Waals surface area contributed by atoms with Crippen molar-refractivity contribution in [3.05, 3.63) is 23.3 Å².